The minimum atomic E-state index is -0.506. The fraction of sp³-hybridized carbons (Fsp3) is 0.0714. The molecular formula is C14H12BrFN2O2. The maximum absolute atomic E-state index is 13.4. The number of nitrogen functional groups attached to an aromatic ring is 1. The number of rotatable bonds is 4. The Morgan fingerprint density at radius 1 is 1.25 bits per heavy atom. The third-order valence-electron chi connectivity index (χ3n) is 2.45. The molecule has 1 amide bonds. The number of hydrogen-bond acceptors (Lipinski definition) is 3. The number of nitrogens with one attached hydrogen (secondary N) is 1. The second-order valence-electron chi connectivity index (χ2n) is 4.03. The van der Waals surface area contributed by atoms with E-state index in [0.717, 1.165) is 0 Å². The molecule has 0 aliphatic carbocycles. The highest BCUT2D eigenvalue weighted by atomic mass is 79.9. The fourth-order valence-corrected chi connectivity index (χ4v) is 1.85. The summed E-state index contributed by atoms with van der Waals surface area (Å²) < 4.78 is 19.4. The molecule has 0 atom stereocenters. The van der Waals surface area contributed by atoms with Gasteiger partial charge in [0.05, 0.1) is 5.69 Å². The number of anilines is 2. The number of carbonyl (C=O) groups is 1. The number of ether oxygens (including phenoxy) is 1. The zero-order valence-corrected chi connectivity index (χ0v) is 12.0. The van der Waals surface area contributed by atoms with Crippen molar-refractivity contribution in [2.24, 2.45) is 0 Å². The van der Waals surface area contributed by atoms with Crippen molar-refractivity contribution in [1.82, 2.24) is 0 Å². The molecule has 4 nitrogen and oxygen atoms in total. The number of halogens is 2. The summed E-state index contributed by atoms with van der Waals surface area (Å²) in [7, 11) is 0. The minimum Gasteiger partial charge on any atom is -0.484 e. The Kier molecular flexibility index (Phi) is 4.57. The molecule has 0 heterocycles. The van der Waals surface area contributed by atoms with Crippen LogP contribution in [-0.2, 0) is 4.79 Å². The van der Waals surface area contributed by atoms with Crippen molar-refractivity contribution in [3.63, 3.8) is 0 Å². The van der Waals surface area contributed by atoms with Gasteiger partial charge < -0.3 is 15.8 Å². The van der Waals surface area contributed by atoms with Crippen molar-refractivity contribution in [3.05, 3.63) is 52.8 Å². The van der Waals surface area contributed by atoms with Crippen molar-refractivity contribution in [2.45, 2.75) is 0 Å². The van der Waals surface area contributed by atoms with E-state index in [9.17, 15) is 9.18 Å². The monoisotopic (exact) mass is 338 g/mol. The first kappa shape index (κ1) is 14.3. The summed E-state index contributed by atoms with van der Waals surface area (Å²) in [6.07, 6.45) is 0. The number of hydrogen-bond donors (Lipinski definition) is 2. The van der Waals surface area contributed by atoms with Gasteiger partial charge in [-0.2, -0.15) is 0 Å². The number of benzene rings is 2. The van der Waals surface area contributed by atoms with Gasteiger partial charge >= 0.3 is 0 Å². The topological polar surface area (TPSA) is 64.3 Å². The Bertz CT molecular complexity index is 617. The van der Waals surface area contributed by atoms with E-state index in [1.165, 1.54) is 12.1 Å². The molecule has 2 rings (SSSR count). The number of carbonyl (C=O) groups excluding carboxylic acids is 1. The van der Waals surface area contributed by atoms with Crippen molar-refractivity contribution >= 4 is 33.2 Å². The van der Waals surface area contributed by atoms with Crippen LogP contribution < -0.4 is 15.8 Å². The van der Waals surface area contributed by atoms with E-state index in [0.29, 0.717) is 15.9 Å². The molecule has 2 aromatic rings. The van der Waals surface area contributed by atoms with Crippen LogP contribution in [0.25, 0.3) is 0 Å². The summed E-state index contributed by atoms with van der Waals surface area (Å²) >= 11 is 3.21. The quantitative estimate of drug-likeness (QED) is 0.841. The standard InChI is InChI=1S/C14H12BrFN2O2/c15-9-1-6-12(16)13(7-9)18-14(19)8-20-11-4-2-10(17)3-5-11/h1-7H,8,17H2,(H,18,19). The van der Waals surface area contributed by atoms with E-state index >= 15 is 0 Å². The smallest absolute Gasteiger partial charge is 0.262 e. The maximum Gasteiger partial charge on any atom is 0.262 e. The van der Waals surface area contributed by atoms with Crippen molar-refractivity contribution in [1.29, 1.82) is 0 Å². The highest BCUT2D eigenvalue weighted by Gasteiger charge is 2.08. The summed E-state index contributed by atoms with van der Waals surface area (Å²) in [5.41, 5.74) is 6.25. The van der Waals surface area contributed by atoms with Gasteiger partial charge in [0.2, 0.25) is 0 Å². The molecule has 20 heavy (non-hydrogen) atoms. The minimum absolute atomic E-state index is 0.102. The molecule has 0 spiro atoms. The molecule has 0 bridgehead atoms. The summed E-state index contributed by atoms with van der Waals surface area (Å²) in [5, 5.41) is 2.44. The van der Waals surface area contributed by atoms with E-state index < -0.39 is 11.7 Å². The third-order valence-corrected chi connectivity index (χ3v) is 2.95. The van der Waals surface area contributed by atoms with Crippen LogP contribution in [0, 0.1) is 5.82 Å². The molecule has 0 aromatic heterocycles. The van der Waals surface area contributed by atoms with E-state index in [2.05, 4.69) is 21.2 Å². The predicted octanol–water partition coefficient (Wildman–Crippen LogP) is 3.19. The fourth-order valence-electron chi connectivity index (χ4n) is 1.49. The van der Waals surface area contributed by atoms with Gasteiger partial charge in [-0.3, -0.25) is 4.79 Å². The lowest BCUT2D eigenvalue weighted by atomic mass is 10.3. The van der Waals surface area contributed by atoms with Gasteiger partial charge in [0.25, 0.3) is 5.91 Å². The first-order valence-corrected chi connectivity index (χ1v) is 6.57. The van der Waals surface area contributed by atoms with Crippen molar-refractivity contribution in [3.8, 4) is 5.75 Å². The van der Waals surface area contributed by atoms with Gasteiger partial charge in [0.15, 0.2) is 6.61 Å². The molecule has 3 N–H and O–H groups in total. The Morgan fingerprint density at radius 2 is 1.95 bits per heavy atom. The lowest BCUT2D eigenvalue weighted by molar-refractivity contribution is -0.118. The normalized spacial score (nSPS) is 10.1. The van der Waals surface area contributed by atoms with Crippen LogP contribution in [0.15, 0.2) is 46.9 Å². The molecular weight excluding hydrogens is 327 g/mol. The molecule has 0 fully saturated rings. The van der Waals surface area contributed by atoms with Gasteiger partial charge in [-0.15, -0.1) is 0 Å². The van der Waals surface area contributed by atoms with Crippen LogP contribution in [0.1, 0.15) is 0 Å². The maximum atomic E-state index is 13.4. The predicted molar refractivity (Wildman–Crippen MR) is 79.1 cm³/mol. The average Bonchev–Trinajstić information content (AvgIpc) is 2.42. The molecule has 6 heteroatoms. The third kappa shape index (κ3) is 3.96. The lowest BCUT2D eigenvalue weighted by Crippen LogP contribution is -2.20. The van der Waals surface area contributed by atoms with Crippen LogP contribution in [0.2, 0.25) is 0 Å². The van der Waals surface area contributed by atoms with Crippen molar-refractivity contribution < 1.29 is 13.9 Å². The number of amides is 1. The molecule has 0 saturated heterocycles. The van der Waals surface area contributed by atoms with Crippen LogP contribution in [0.5, 0.6) is 5.75 Å². The molecule has 0 aliphatic rings. The van der Waals surface area contributed by atoms with Crippen molar-refractivity contribution in [2.75, 3.05) is 17.7 Å². The van der Waals surface area contributed by atoms with Crippen LogP contribution in [-0.4, -0.2) is 12.5 Å². The van der Waals surface area contributed by atoms with Gasteiger partial charge in [-0.25, -0.2) is 4.39 Å². The lowest BCUT2D eigenvalue weighted by Gasteiger charge is -2.08. The summed E-state index contributed by atoms with van der Waals surface area (Å²) in [6, 6.07) is 10.9. The van der Waals surface area contributed by atoms with Gasteiger partial charge in [-0.05, 0) is 42.5 Å². The zero-order valence-electron chi connectivity index (χ0n) is 10.4. The first-order valence-electron chi connectivity index (χ1n) is 5.78. The number of nitrogens with two attached hydrogens (primary N) is 1. The second kappa shape index (κ2) is 6.38. The molecule has 0 saturated carbocycles. The summed E-state index contributed by atoms with van der Waals surface area (Å²) in [5.74, 6) is -0.433. The highest BCUT2D eigenvalue weighted by molar-refractivity contribution is 9.10. The van der Waals surface area contributed by atoms with Gasteiger partial charge in [-0.1, -0.05) is 15.9 Å². The van der Waals surface area contributed by atoms with Gasteiger partial charge in [0.1, 0.15) is 11.6 Å². The van der Waals surface area contributed by atoms with E-state index in [1.807, 2.05) is 0 Å². The van der Waals surface area contributed by atoms with Gasteiger partial charge in [0, 0.05) is 10.2 Å². The molecule has 0 radical (unpaired) electrons. The van der Waals surface area contributed by atoms with E-state index in [1.54, 1.807) is 30.3 Å². The Morgan fingerprint density at radius 3 is 2.65 bits per heavy atom. The highest BCUT2D eigenvalue weighted by Crippen LogP contribution is 2.20. The van der Waals surface area contributed by atoms with E-state index in [4.69, 9.17) is 10.5 Å². The van der Waals surface area contributed by atoms with E-state index in [-0.39, 0.29) is 12.3 Å². The molecule has 0 unspecified atom stereocenters. The molecule has 104 valence electrons. The Balaban J connectivity index is 1.92. The first-order chi connectivity index (χ1) is 9.54. The van der Waals surface area contributed by atoms with Crippen LogP contribution in [0.3, 0.4) is 0 Å². The Hall–Kier alpha value is -2.08. The van der Waals surface area contributed by atoms with Crippen LogP contribution in [0.4, 0.5) is 15.8 Å². The largest absolute Gasteiger partial charge is 0.484 e. The second-order valence-corrected chi connectivity index (χ2v) is 4.95. The zero-order chi connectivity index (χ0) is 14.5. The van der Waals surface area contributed by atoms with Crippen LogP contribution >= 0.6 is 15.9 Å². The molecule has 2 aromatic carbocycles. The SMILES string of the molecule is Nc1ccc(OCC(=O)Nc2cc(Br)ccc2F)cc1. The Labute approximate surface area is 123 Å². The molecule has 0 aliphatic heterocycles. The summed E-state index contributed by atoms with van der Waals surface area (Å²) in [4.78, 5) is 11.7. The average molecular weight is 339 g/mol. The summed E-state index contributed by atoms with van der Waals surface area (Å²) in [6.45, 7) is -0.212.